The van der Waals surface area contributed by atoms with Gasteiger partial charge < -0.3 is 14.6 Å². The molecule has 6 nitrogen and oxygen atoms in total. The quantitative estimate of drug-likeness (QED) is 0.933. The van der Waals surface area contributed by atoms with Crippen molar-refractivity contribution in [3.05, 3.63) is 32.7 Å². The highest BCUT2D eigenvalue weighted by Crippen LogP contribution is 2.35. The zero-order valence-corrected chi connectivity index (χ0v) is 12.8. The second kappa shape index (κ2) is 5.84. The summed E-state index contributed by atoms with van der Waals surface area (Å²) >= 11 is 1.12. The SMILES string of the molecule is Cc1sc(=O)n(CCC(=O)O)c1-c1ccc2c(c1)OCCO2. The van der Waals surface area contributed by atoms with Gasteiger partial charge in [-0.05, 0) is 25.1 Å². The average molecular weight is 321 g/mol. The van der Waals surface area contributed by atoms with Crippen LogP contribution in [0.1, 0.15) is 11.3 Å². The van der Waals surface area contributed by atoms with Crippen LogP contribution in [0.2, 0.25) is 0 Å². The molecule has 1 aliphatic heterocycles. The van der Waals surface area contributed by atoms with Gasteiger partial charge in [0.25, 0.3) is 0 Å². The molecule has 0 spiro atoms. The molecule has 0 saturated carbocycles. The predicted octanol–water partition coefficient (Wildman–Crippen LogP) is 2.13. The van der Waals surface area contributed by atoms with Crippen LogP contribution in [-0.4, -0.2) is 28.9 Å². The Labute approximate surface area is 130 Å². The molecule has 0 radical (unpaired) electrons. The number of hydrogen-bond acceptors (Lipinski definition) is 5. The molecule has 2 heterocycles. The van der Waals surface area contributed by atoms with E-state index in [1.54, 1.807) is 0 Å². The van der Waals surface area contributed by atoms with E-state index >= 15 is 0 Å². The van der Waals surface area contributed by atoms with Crippen molar-refractivity contribution < 1.29 is 19.4 Å². The number of thiazole rings is 1. The molecule has 0 amide bonds. The fourth-order valence-electron chi connectivity index (χ4n) is 2.48. The van der Waals surface area contributed by atoms with Crippen LogP contribution >= 0.6 is 11.3 Å². The minimum absolute atomic E-state index is 0.0897. The topological polar surface area (TPSA) is 77.8 Å². The van der Waals surface area contributed by atoms with Gasteiger partial charge in [0.1, 0.15) is 13.2 Å². The third-order valence-electron chi connectivity index (χ3n) is 3.43. The Morgan fingerprint density at radius 1 is 1.32 bits per heavy atom. The number of benzene rings is 1. The Kier molecular flexibility index (Phi) is 3.89. The van der Waals surface area contributed by atoms with Gasteiger partial charge in [0.2, 0.25) is 0 Å². The molecule has 0 atom stereocenters. The maximum atomic E-state index is 12.1. The zero-order valence-electron chi connectivity index (χ0n) is 12.0. The van der Waals surface area contributed by atoms with Crippen molar-refractivity contribution in [2.75, 3.05) is 13.2 Å². The molecule has 1 aromatic heterocycles. The van der Waals surface area contributed by atoms with Crippen LogP contribution in [0.4, 0.5) is 0 Å². The van der Waals surface area contributed by atoms with Crippen LogP contribution in [0.25, 0.3) is 11.3 Å². The molecule has 0 aliphatic carbocycles. The lowest BCUT2D eigenvalue weighted by Gasteiger charge is -2.19. The first-order valence-corrected chi connectivity index (χ1v) is 7.70. The molecule has 0 saturated heterocycles. The lowest BCUT2D eigenvalue weighted by molar-refractivity contribution is -0.137. The van der Waals surface area contributed by atoms with E-state index in [1.807, 2.05) is 25.1 Å². The Morgan fingerprint density at radius 3 is 2.77 bits per heavy atom. The number of carboxylic acid groups (broad SMARTS) is 1. The van der Waals surface area contributed by atoms with Gasteiger partial charge in [-0.1, -0.05) is 11.3 Å². The molecule has 2 aromatic rings. The minimum atomic E-state index is -0.927. The number of aryl methyl sites for hydroxylation is 1. The van der Waals surface area contributed by atoms with E-state index in [1.165, 1.54) is 4.57 Å². The van der Waals surface area contributed by atoms with Crippen molar-refractivity contribution in [3.8, 4) is 22.8 Å². The Morgan fingerprint density at radius 2 is 2.05 bits per heavy atom. The lowest BCUT2D eigenvalue weighted by atomic mass is 10.1. The lowest BCUT2D eigenvalue weighted by Crippen LogP contribution is -2.17. The van der Waals surface area contributed by atoms with Gasteiger partial charge in [0, 0.05) is 17.0 Å². The third kappa shape index (κ3) is 2.71. The summed E-state index contributed by atoms with van der Waals surface area (Å²) in [4.78, 5) is 23.6. The molecular weight excluding hydrogens is 306 g/mol. The van der Waals surface area contributed by atoms with E-state index in [4.69, 9.17) is 14.6 Å². The highest BCUT2D eigenvalue weighted by atomic mass is 32.1. The van der Waals surface area contributed by atoms with Crippen LogP contribution in [0.15, 0.2) is 23.0 Å². The summed E-state index contributed by atoms with van der Waals surface area (Å²) in [5.74, 6) is 0.401. The molecular formula is C15H15NO5S. The molecule has 22 heavy (non-hydrogen) atoms. The molecule has 0 bridgehead atoms. The monoisotopic (exact) mass is 321 g/mol. The summed E-state index contributed by atoms with van der Waals surface area (Å²) in [6.07, 6.45) is -0.0897. The fraction of sp³-hybridized carbons (Fsp3) is 0.333. The first kappa shape index (κ1) is 14.6. The second-order valence-electron chi connectivity index (χ2n) is 4.93. The van der Waals surface area contributed by atoms with Crippen molar-refractivity contribution in [1.82, 2.24) is 4.57 Å². The van der Waals surface area contributed by atoms with Crippen molar-refractivity contribution in [3.63, 3.8) is 0 Å². The van der Waals surface area contributed by atoms with Crippen molar-refractivity contribution in [1.29, 1.82) is 0 Å². The van der Waals surface area contributed by atoms with E-state index in [0.29, 0.717) is 24.7 Å². The Balaban J connectivity index is 2.04. The van der Waals surface area contributed by atoms with E-state index in [-0.39, 0.29) is 17.8 Å². The first-order valence-electron chi connectivity index (χ1n) is 6.88. The molecule has 7 heteroatoms. The van der Waals surface area contributed by atoms with E-state index in [0.717, 1.165) is 27.5 Å². The molecule has 1 aromatic carbocycles. The number of nitrogens with zero attached hydrogens (tertiary/aromatic N) is 1. The van der Waals surface area contributed by atoms with Gasteiger partial charge in [-0.2, -0.15) is 0 Å². The maximum absolute atomic E-state index is 12.1. The zero-order chi connectivity index (χ0) is 15.7. The Hall–Kier alpha value is -2.28. The predicted molar refractivity (Wildman–Crippen MR) is 82.0 cm³/mol. The third-order valence-corrected chi connectivity index (χ3v) is 4.32. The highest BCUT2D eigenvalue weighted by molar-refractivity contribution is 7.09. The van der Waals surface area contributed by atoms with Gasteiger partial charge in [-0.15, -0.1) is 0 Å². The number of rotatable bonds is 4. The average Bonchev–Trinajstić information content (AvgIpc) is 2.78. The van der Waals surface area contributed by atoms with E-state index in [9.17, 15) is 9.59 Å². The smallest absolute Gasteiger partial charge is 0.307 e. The van der Waals surface area contributed by atoms with Gasteiger partial charge in [-0.3, -0.25) is 14.2 Å². The standard InChI is InChI=1S/C15H15NO5S/c1-9-14(16(15(19)22-9)5-4-13(17)18)10-2-3-11-12(8-10)21-7-6-20-11/h2-3,8H,4-7H2,1H3,(H,17,18). The van der Waals surface area contributed by atoms with E-state index in [2.05, 4.69) is 0 Å². The summed E-state index contributed by atoms with van der Waals surface area (Å²) in [5.41, 5.74) is 1.57. The number of ether oxygens (including phenoxy) is 2. The number of aromatic nitrogens is 1. The number of aliphatic carboxylic acids is 1. The fourth-order valence-corrected chi connectivity index (χ4v) is 3.36. The second-order valence-corrected chi connectivity index (χ2v) is 6.09. The first-order chi connectivity index (χ1) is 10.6. The Bertz CT molecular complexity index is 777. The van der Waals surface area contributed by atoms with Crippen molar-refractivity contribution >= 4 is 17.3 Å². The van der Waals surface area contributed by atoms with Crippen LogP contribution < -0.4 is 14.3 Å². The molecule has 0 fully saturated rings. The normalized spacial score (nSPS) is 13.1. The molecule has 1 N–H and O–H groups in total. The van der Waals surface area contributed by atoms with Gasteiger partial charge in [0.05, 0.1) is 12.1 Å². The highest BCUT2D eigenvalue weighted by Gasteiger charge is 2.18. The molecule has 116 valence electrons. The van der Waals surface area contributed by atoms with Gasteiger partial charge >= 0.3 is 10.8 Å². The maximum Gasteiger partial charge on any atom is 0.307 e. The number of hydrogen-bond donors (Lipinski definition) is 1. The van der Waals surface area contributed by atoms with Crippen LogP contribution in [0.3, 0.4) is 0 Å². The number of carboxylic acids is 1. The summed E-state index contributed by atoms with van der Waals surface area (Å²) in [6.45, 7) is 3.02. The van der Waals surface area contributed by atoms with Crippen molar-refractivity contribution in [2.45, 2.75) is 19.9 Å². The molecule has 1 aliphatic rings. The summed E-state index contributed by atoms with van der Waals surface area (Å²) < 4.78 is 12.6. The summed E-state index contributed by atoms with van der Waals surface area (Å²) in [6, 6.07) is 5.51. The summed E-state index contributed by atoms with van der Waals surface area (Å²) in [5, 5.41) is 8.84. The van der Waals surface area contributed by atoms with Crippen LogP contribution in [0.5, 0.6) is 11.5 Å². The molecule has 0 unspecified atom stereocenters. The minimum Gasteiger partial charge on any atom is -0.486 e. The van der Waals surface area contributed by atoms with Gasteiger partial charge in [-0.25, -0.2) is 0 Å². The van der Waals surface area contributed by atoms with Crippen LogP contribution in [-0.2, 0) is 11.3 Å². The van der Waals surface area contributed by atoms with Gasteiger partial charge in [0.15, 0.2) is 11.5 Å². The summed E-state index contributed by atoms with van der Waals surface area (Å²) in [7, 11) is 0. The molecule has 3 rings (SSSR count). The largest absolute Gasteiger partial charge is 0.486 e. The number of fused-ring (bicyclic) bond motifs is 1. The van der Waals surface area contributed by atoms with E-state index < -0.39 is 5.97 Å². The number of carbonyl (C=O) groups is 1. The van der Waals surface area contributed by atoms with Crippen molar-refractivity contribution in [2.24, 2.45) is 0 Å². The van der Waals surface area contributed by atoms with Crippen LogP contribution in [0, 0.1) is 6.92 Å².